The van der Waals surface area contributed by atoms with Gasteiger partial charge < -0.3 is 29.0 Å². The van der Waals surface area contributed by atoms with Crippen LogP contribution in [0, 0.1) is 5.82 Å². The van der Waals surface area contributed by atoms with E-state index in [0.717, 1.165) is 24.1 Å². The number of anilines is 2. The molecule has 0 saturated carbocycles. The number of methoxy groups -OCH3 is 2. The van der Waals surface area contributed by atoms with E-state index >= 15 is 4.39 Å². The molecule has 2 aromatic heterocycles. The normalized spacial score (nSPS) is 14.7. The zero-order valence-corrected chi connectivity index (χ0v) is 23.4. The maximum Gasteiger partial charge on any atom is 0.343 e. The number of hydrogen-bond donors (Lipinski definition) is 1. The Kier molecular flexibility index (Phi) is 8.37. The van der Waals surface area contributed by atoms with Crippen LogP contribution < -0.4 is 25.1 Å². The van der Waals surface area contributed by atoms with Gasteiger partial charge in [-0.15, -0.1) is 0 Å². The second-order valence-electron chi connectivity index (χ2n) is 9.80. The van der Waals surface area contributed by atoms with Gasteiger partial charge in [0.1, 0.15) is 22.7 Å². The third-order valence-electron chi connectivity index (χ3n) is 7.28. The van der Waals surface area contributed by atoms with Crippen molar-refractivity contribution < 1.29 is 23.4 Å². The number of benzene rings is 2. The standard InChI is InChI=1S/C31H33FN4O5/c1-4-41-31(38)25-19-35(18-20-12-13-23(39-2)15-27(20)40-3)29-24(28(25)37)16-26(32)30(34-29)36-14-8-11-22(36)17-33-21-9-6-5-7-10-21/h5-7,9-10,12-13,15-16,19,22,33H,4,8,11,14,17-18H2,1-3H3/t22-/m0/s1. The molecule has 1 aliphatic rings. The molecule has 0 unspecified atom stereocenters. The highest BCUT2D eigenvalue weighted by Crippen LogP contribution is 2.30. The summed E-state index contributed by atoms with van der Waals surface area (Å²) in [5, 5.41) is 3.43. The van der Waals surface area contributed by atoms with Gasteiger partial charge in [-0.05, 0) is 50.1 Å². The van der Waals surface area contributed by atoms with Crippen molar-refractivity contribution >= 4 is 28.5 Å². The van der Waals surface area contributed by atoms with Crippen molar-refractivity contribution in [3.8, 4) is 11.5 Å². The number of pyridine rings is 2. The summed E-state index contributed by atoms with van der Waals surface area (Å²) in [5.41, 5.74) is 1.19. The van der Waals surface area contributed by atoms with Crippen molar-refractivity contribution in [2.75, 3.05) is 44.1 Å². The fourth-order valence-corrected chi connectivity index (χ4v) is 5.24. The number of esters is 1. The number of carbonyl (C=O) groups excluding carboxylic acids is 1. The summed E-state index contributed by atoms with van der Waals surface area (Å²) in [6.07, 6.45) is 3.19. The molecule has 1 aliphatic heterocycles. The molecule has 1 atom stereocenters. The van der Waals surface area contributed by atoms with Crippen LogP contribution in [-0.2, 0) is 11.3 Å². The highest BCUT2D eigenvalue weighted by molar-refractivity contribution is 5.93. The van der Waals surface area contributed by atoms with Gasteiger partial charge in [-0.25, -0.2) is 14.2 Å². The smallest absolute Gasteiger partial charge is 0.343 e. The van der Waals surface area contributed by atoms with Crippen LogP contribution in [0.4, 0.5) is 15.9 Å². The number of nitrogens with zero attached hydrogens (tertiary/aromatic N) is 3. The lowest BCUT2D eigenvalue weighted by Gasteiger charge is -2.27. The summed E-state index contributed by atoms with van der Waals surface area (Å²) in [4.78, 5) is 32.8. The van der Waals surface area contributed by atoms with Gasteiger partial charge in [0.15, 0.2) is 11.6 Å². The number of para-hydroxylation sites is 1. The van der Waals surface area contributed by atoms with Crippen LogP contribution in [0.25, 0.3) is 11.0 Å². The Balaban J connectivity index is 1.58. The van der Waals surface area contributed by atoms with E-state index < -0.39 is 17.2 Å². The van der Waals surface area contributed by atoms with Crippen LogP contribution in [0.2, 0.25) is 0 Å². The molecule has 0 aliphatic carbocycles. The number of carbonyl (C=O) groups is 1. The molecule has 0 spiro atoms. The zero-order chi connectivity index (χ0) is 28.9. The first kappa shape index (κ1) is 27.9. The number of fused-ring (bicyclic) bond motifs is 1. The summed E-state index contributed by atoms with van der Waals surface area (Å²) >= 11 is 0. The third kappa shape index (κ3) is 5.82. The lowest BCUT2D eigenvalue weighted by atomic mass is 10.1. The second kappa shape index (κ2) is 12.3. The van der Waals surface area contributed by atoms with Crippen molar-refractivity contribution in [1.29, 1.82) is 0 Å². The molecule has 1 N–H and O–H groups in total. The van der Waals surface area contributed by atoms with Gasteiger partial charge in [-0.3, -0.25) is 4.79 Å². The average molecular weight is 561 g/mol. The van der Waals surface area contributed by atoms with Crippen LogP contribution in [0.5, 0.6) is 11.5 Å². The molecular weight excluding hydrogens is 527 g/mol. The number of nitrogens with one attached hydrogen (secondary N) is 1. The number of ether oxygens (including phenoxy) is 3. The van der Waals surface area contributed by atoms with Crippen LogP contribution >= 0.6 is 0 Å². The monoisotopic (exact) mass is 560 g/mol. The maximum absolute atomic E-state index is 15.7. The van der Waals surface area contributed by atoms with Crippen LogP contribution in [0.1, 0.15) is 35.7 Å². The fraction of sp³-hybridized carbons (Fsp3) is 0.323. The summed E-state index contributed by atoms with van der Waals surface area (Å²) in [6, 6.07) is 16.4. The molecule has 9 nitrogen and oxygen atoms in total. The number of halogens is 1. The lowest BCUT2D eigenvalue weighted by Crippen LogP contribution is -2.36. The van der Waals surface area contributed by atoms with E-state index in [1.807, 2.05) is 41.3 Å². The van der Waals surface area contributed by atoms with E-state index in [2.05, 4.69) is 5.32 Å². The van der Waals surface area contributed by atoms with Crippen molar-refractivity contribution in [2.45, 2.75) is 32.4 Å². The predicted octanol–water partition coefficient (Wildman–Crippen LogP) is 4.86. The van der Waals surface area contributed by atoms with Gasteiger partial charge >= 0.3 is 5.97 Å². The molecule has 214 valence electrons. The minimum absolute atomic E-state index is 0.00226. The Labute approximate surface area is 237 Å². The molecular formula is C31H33FN4O5. The summed E-state index contributed by atoms with van der Waals surface area (Å²) in [6.45, 7) is 3.20. The van der Waals surface area contributed by atoms with E-state index in [0.29, 0.717) is 24.6 Å². The first-order chi connectivity index (χ1) is 19.9. The van der Waals surface area contributed by atoms with Crippen molar-refractivity contribution in [2.24, 2.45) is 0 Å². The minimum atomic E-state index is -0.772. The SMILES string of the molecule is CCOC(=O)c1cn(Cc2ccc(OC)cc2OC)c2nc(N3CCC[C@H]3CNc3ccccc3)c(F)cc2c1=O. The Hall–Kier alpha value is -4.60. The Morgan fingerprint density at radius 1 is 1.12 bits per heavy atom. The largest absolute Gasteiger partial charge is 0.497 e. The summed E-state index contributed by atoms with van der Waals surface area (Å²) < 4.78 is 33.4. The highest BCUT2D eigenvalue weighted by atomic mass is 19.1. The van der Waals surface area contributed by atoms with Gasteiger partial charge in [-0.2, -0.15) is 0 Å². The van der Waals surface area contributed by atoms with Crippen LogP contribution in [0.3, 0.4) is 0 Å². The minimum Gasteiger partial charge on any atom is -0.497 e. The van der Waals surface area contributed by atoms with Crippen molar-refractivity contribution in [3.05, 3.63) is 88.0 Å². The lowest BCUT2D eigenvalue weighted by molar-refractivity contribution is 0.0524. The van der Waals surface area contributed by atoms with Gasteiger partial charge in [-0.1, -0.05) is 18.2 Å². The summed E-state index contributed by atoms with van der Waals surface area (Å²) in [5.74, 6) is -0.0348. The molecule has 1 saturated heterocycles. The zero-order valence-electron chi connectivity index (χ0n) is 23.4. The molecule has 0 bridgehead atoms. The van der Waals surface area contributed by atoms with E-state index in [1.54, 1.807) is 37.8 Å². The Morgan fingerprint density at radius 3 is 2.66 bits per heavy atom. The number of aromatic nitrogens is 2. The van der Waals surface area contributed by atoms with Gasteiger partial charge in [0.2, 0.25) is 5.43 Å². The van der Waals surface area contributed by atoms with Crippen LogP contribution in [-0.4, -0.2) is 55.5 Å². The Morgan fingerprint density at radius 2 is 1.93 bits per heavy atom. The number of hydrogen-bond acceptors (Lipinski definition) is 8. The molecule has 3 heterocycles. The molecule has 0 radical (unpaired) electrons. The predicted molar refractivity (Wildman–Crippen MR) is 156 cm³/mol. The molecule has 1 fully saturated rings. The number of rotatable bonds is 10. The molecule has 5 rings (SSSR count). The van der Waals surface area contributed by atoms with E-state index in [4.69, 9.17) is 19.2 Å². The quantitative estimate of drug-likeness (QED) is 0.275. The molecule has 0 amide bonds. The fourth-order valence-electron chi connectivity index (χ4n) is 5.24. The summed E-state index contributed by atoms with van der Waals surface area (Å²) in [7, 11) is 3.12. The van der Waals surface area contributed by atoms with E-state index in [1.165, 1.54) is 12.3 Å². The first-order valence-corrected chi connectivity index (χ1v) is 13.6. The molecule has 10 heteroatoms. The van der Waals surface area contributed by atoms with Gasteiger partial charge in [0.05, 0.1) is 32.8 Å². The van der Waals surface area contributed by atoms with E-state index in [-0.39, 0.29) is 41.6 Å². The first-order valence-electron chi connectivity index (χ1n) is 13.6. The van der Waals surface area contributed by atoms with Crippen molar-refractivity contribution in [1.82, 2.24) is 9.55 Å². The van der Waals surface area contributed by atoms with Gasteiger partial charge in [0, 0.05) is 42.6 Å². The van der Waals surface area contributed by atoms with Crippen molar-refractivity contribution in [3.63, 3.8) is 0 Å². The molecule has 2 aromatic carbocycles. The third-order valence-corrected chi connectivity index (χ3v) is 7.28. The van der Waals surface area contributed by atoms with Gasteiger partial charge in [0.25, 0.3) is 0 Å². The topological polar surface area (TPSA) is 94.9 Å². The maximum atomic E-state index is 15.7. The second-order valence-corrected chi connectivity index (χ2v) is 9.80. The van der Waals surface area contributed by atoms with Crippen LogP contribution in [0.15, 0.2) is 65.6 Å². The Bertz CT molecular complexity index is 1610. The highest BCUT2D eigenvalue weighted by Gasteiger charge is 2.29. The molecule has 41 heavy (non-hydrogen) atoms. The average Bonchev–Trinajstić information content (AvgIpc) is 3.46. The van der Waals surface area contributed by atoms with E-state index in [9.17, 15) is 9.59 Å². The molecule has 4 aromatic rings.